The number of aliphatic carboxylic acids is 1. The zero-order chi connectivity index (χ0) is 15.3. The highest BCUT2D eigenvalue weighted by Crippen LogP contribution is 2.42. The van der Waals surface area contributed by atoms with Gasteiger partial charge in [0.05, 0.1) is 5.41 Å². The molecular formula is C17H23NO3. The van der Waals surface area contributed by atoms with Gasteiger partial charge in [0.15, 0.2) is 0 Å². The van der Waals surface area contributed by atoms with Crippen LogP contribution in [0.15, 0.2) is 30.3 Å². The minimum atomic E-state index is -0.811. The first-order chi connectivity index (χ1) is 10.1. The molecule has 0 saturated heterocycles. The number of benzene rings is 1. The molecule has 1 aromatic carbocycles. The molecule has 0 unspecified atom stereocenters. The summed E-state index contributed by atoms with van der Waals surface area (Å²) in [5.41, 5.74) is 0.691. The highest BCUT2D eigenvalue weighted by atomic mass is 16.4. The first-order valence-corrected chi connectivity index (χ1v) is 7.59. The topological polar surface area (TPSA) is 57.6 Å². The van der Waals surface area contributed by atoms with Crippen molar-refractivity contribution in [2.45, 2.75) is 43.9 Å². The summed E-state index contributed by atoms with van der Waals surface area (Å²) >= 11 is 0. The molecule has 1 fully saturated rings. The Bertz CT molecular complexity index is 492. The third-order valence-corrected chi connectivity index (χ3v) is 4.42. The van der Waals surface area contributed by atoms with Gasteiger partial charge in [-0.2, -0.15) is 0 Å². The fourth-order valence-corrected chi connectivity index (χ4v) is 3.30. The Kier molecular flexibility index (Phi) is 4.99. The number of carbonyl (C=O) groups is 2. The van der Waals surface area contributed by atoms with Gasteiger partial charge in [0.2, 0.25) is 5.91 Å². The van der Waals surface area contributed by atoms with E-state index in [2.05, 4.69) is 0 Å². The number of carbonyl (C=O) groups excluding carboxylic acids is 1. The largest absolute Gasteiger partial charge is 0.481 e. The maximum Gasteiger partial charge on any atom is 0.303 e. The van der Waals surface area contributed by atoms with E-state index < -0.39 is 11.4 Å². The molecule has 114 valence electrons. The number of nitrogens with zero attached hydrogens (tertiary/aromatic N) is 1. The Hall–Kier alpha value is -1.84. The van der Waals surface area contributed by atoms with Crippen LogP contribution in [0.1, 0.15) is 44.1 Å². The molecule has 0 aromatic heterocycles. The van der Waals surface area contributed by atoms with Crippen molar-refractivity contribution >= 4 is 11.9 Å². The molecule has 2 rings (SSSR count). The van der Waals surface area contributed by atoms with Gasteiger partial charge in [-0.1, -0.05) is 43.2 Å². The number of hydrogen-bond acceptors (Lipinski definition) is 2. The first-order valence-electron chi connectivity index (χ1n) is 7.59. The van der Waals surface area contributed by atoms with Crippen molar-refractivity contribution < 1.29 is 14.7 Å². The molecule has 1 aromatic rings. The number of hydrogen-bond donors (Lipinski definition) is 1. The van der Waals surface area contributed by atoms with Crippen LogP contribution in [0.4, 0.5) is 0 Å². The van der Waals surface area contributed by atoms with Crippen LogP contribution >= 0.6 is 0 Å². The molecule has 0 aliphatic heterocycles. The van der Waals surface area contributed by atoms with E-state index in [1.165, 1.54) is 0 Å². The lowest BCUT2D eigenvalue weighted by Gasteiger charge is -2.33. The van der Waals surface area contributed by atoms with E-state index >= 15 is 0 Å². The molecule has 21 heavy (non-hydrogen) atoms. The van der Waals surface area contributed by atoms with E-state index in [0.717, 1.165) is 31.2 Å². The standard InChI is InChI=1S/C17H23NO3/c1-18(13-7-10-15(19)20)16(21)17(11-5-6-12-17)14-8-3-2-4-9-14/h2-4,8-9H,5-7,10-13H2,1H3,(H,19,20). The summed E-state index contributed by atoms with van der Waals surface area (Å²) in [7, 11) is 1.78. The van der Waals surface area contributed by atoms with Crippen molar-refractivity contribution in [3.63, 3.8) is 0 Å². The van der Waals surface area contributed by atoms with Crippen LogP contribution in [0, 0.1) is 0 Å². The van der Waals surface area contributed by atoms with Crippen LogP contribution in [0.3, 0.4) is 0 Å². The second-order valence-corrected chi connectivity index (χ2v) is 5.88. The number of carboxylic acids is 1. The lowest BCUT2D eigenvalue weighted by Crippen LogP contribution is -2.44. The zero-order valence-corrected chi connectivity index (χ0v) is 12.5. The average Bonchev–Trinajstić information content (AvgIpc) is 2.97. The Morgan fingerprint density at radius 3 is 2.38 bits per heavy atom. The number of amides is 1. The second-order valence-electron chi connectivity index (χ2n) is 5.88. The maximum absolute atomic E-state index is 12.9. The normalized spacial score (nSPS) is 16.6. The van der Waals surface area contributed by atoms with Crippen molar-refractivity contribution in [2.75, 3.05) is 13.6 Å². The van der Waals surface area contributed by atoms with Crippen molar-refractivity contribution in [1.82, 2.24) is 4.90 Å². The molecule has 0 atom stereocenters. The summed E-state index contributed by atoms with van der Waals surface area (Å²) in [5.74, 6) is -0.675. The van der Waals surface area contributed by atoms with Gasteiger partial charge < -0.3 is 10.0 Å². The van der Waals surface area contributed by atoms with Gasteiger partial charge in [-0.3, -0.25) is 9.59 Å². The van der Waals surface area contributed by atoms with Crippen LogP contribution < -0.4 is 0 Å². The van der Waals surface area contributed by atoms with Crippen molar-refractivity contribution in [2.24, 2.45) is 0 Å². The first kappa shape index (κ1) is 15.5. The van der Waals surface area contributed by atoms with Gasteiger partial charge >= 0.3 is 5.97 Å². The highest BCUT2D eigenvalue weighted by Gasteiger charge is 2.43. The summed E-state index contributed by atoms with van der Waals surface area (Å²) in [6.07, 6.45) is 4.53. The summed E-state index contributed by atoms with van der Waals surface area (Å²) in [5, 5.41) is 8.70. The molecule has 0 heterocycles. The Morgan fingerprint density at radius 2 is 1.81 bits per heavy atom. The minimum Gasteiger partial charge on any atom is -0.481 e. The van der Waals surface area contributed by atoms with E-state index in [-0.39, 0.29) is 12.3 Å². The molecule has 1 aliphatic rings. The summed E-state index contributed by atoms with van der Waals surface area (Å²) in [6.45, 7) is 0.500. The SMILES string of the molecule is CN(CCCC(=O)O)C(=O)C1(c2ccccc2)CCCC1. The lowest BCUT2D eigenvalue weighted by atomic mass is 9.77. The van der Waals surface area contributed by atoms with Gasteiger partial charge in [-0.05, 0) is 24.8 Å². The van der Waals surface area contributed by atoms with Gasteiger partial charge in [-0.25, -0.2) is 0 Å². The molecule has 1 amide bonds. The smallest absolute Gasteiger partial charge is 0.303 e. The fourth-order valence-electron chi connectivity index (χ4n) is 3.30. The molecule has 1 N–H and O–H groups in total. The molecule has 0 radical (unpaired) electrons. The Labute approximate surface area is 125 Å². The molecule has 4 nitrogen and oxygen atoms in total. The summed E-state index contributed by atoms with van der Waals surface area (Å²) in [6, 6.07) is 10.00. The van der Waals surface area contributed by atoms with Gasteiger partial charge in [-0.15, -0.1) is 0 Å². The summed E-state index contributed by atoms with van der Waals surface area (Å²) < 4.78 is 0. The number of likely N-dealkylation sites (N-methyl/N-ethyl adjacent to an activating group) is 1. The Balaban J connectivity index is 2.11. The maximum atomic E-state index is 12.9. The van der Waals surface area contributed by atoms with Crippen LogP contribution in [0.2, 0.25) is 0 Å². The van der Waals surface area contributed by atoms with Gasteiger partial charge in [0.25, 0.3) is 0 Å². The quantitative estimate of drug-likeness (QED) is 0.876. The molecule has 4 heteroatoms. The lowest BCUT2D eigenvalue weighted by molar-refractivity contribution is -0.139. The van der Waals surface area contributed by atoms with E-state index in [9.17, 15) is 9.59 Å². The predicted octanol–water partition coefficient (Wildman–Crippen LogP) is 2.82. The molecular weight excluding hydrogens is 266 g/mol. The van der Waals surface area contributed by atoms with Crippen LogP contribution in [-0.4, -0.2) is 35.5 Å². The van der Waals surface area contributed by atoms with Crippen LogP contribution in [0.25, 0.3) is 0 Å². The van der Waals surface area contributed by atoms with E-state index in [4.69, 9.17) is 5.11 Å². The third kappa shape index (κ3) is 3.43. The molecule has 1 saturated carbocycles. The van der Waals surface area contributed by atoms with Crippen LogP contribution in [-0.2, 0) is 15.0 Å². The van der Waals surface area contributed by atoms with Crippen molar-refractivity contribution in [1.29, 1.82) is 0 Å². The zero-order valence-electron chi connectivity index (χ0n) is 12.5. The predicted molar refractivity (Wildman–Crippen MR) is 81.1 cm³/mol. The molecule has 1 aliphatic carbocycles. The van der Waals surface area contributed by atoms with E-state index in [0.29, 0.717) is 13.0 Å². The van der Waals surface area contributed by atoms with Crippen molar-refractivity contribution in [3.8, 4) is 0 Å². The van der Waals surface area contributed by atoms with E-state index in [1.807, 2.05) is 30.3 Å². The number of carboxylic acid groups (broad SMARTS) is 1. The molecule has 0 bridgehead atoms. The monoisotopic (exact) mass is 289 g/mol. The third-order valence-electron chi connectivity index (χ3n) is 4.42. The van der Waals surface area contributed by atoms with Gasteiger partial charge in [0, 0.05) is 20.0 Å². The van der Waals surface area contributed by atoms with Crippen LogP contribution in [0.5, 0.6) is 0 Å². The minimum absolute atomic E-state index is 0.107. The highest BCUT2D eigenvalue weighted by molar-refractivity contribution is 5.88. The molecule has 0 spiro atoms. The second kappa shape index (κ2) is 6.74. The average molecular weight is 289 g/mol. The Morgan fingerprint density at radius 1 is 1.19 bits per heavy atom. The van der Waals surface area contributed by atoms with Crippen molar-refractivity contribution in [3.05, 3.63) is 35.9 Å². The van der Waals surface area contributed by atoms with E-state index in [1.54, 1.807) is 11.9 Å². The summed E-state index contributed by atoms with van der Waals surface area (Å²) in [4.78, 5) is 25.2. The number of rotatable bonds is 6. The fraction of sp³-hybridized carbons (Fsp3) is 0.529. The van der Waals surface area contributed by atoms with Gasteiger partial charge in [0.1, 0.15) is 0 Å².